The summed E-state index contributed by atoms with van der Waals surface area (Å²) in [5.74, 6) is -0.445. The molecule has 0 spiro atoms. The van der Waals surface area contributed by atoms with E-state index in [0.717, 1.165) is 35.4 Å². The van der Waals surface area contributed by atoms with Crippen molar-refractivity contribution in [3.05, 3.63) is 84.3 Å². The van der Waals surface area contributed by atoms with Gasteiger partial charge in [-0.2, -0.15) is 18.3 Å². The van der Waals surface area contributed by atoms with Crippen LogP contribution < -0.4 is 24.3 Å². The number of nitrogens with one attached hydrogen (secondary N) is 1. The highest BCUT2D eigenvalue weighted by molar-refractivity contribution is 6.04. The van der Waals surface area contributed by atoms with E-state index in [1.165, 1.54) is 32.5 Å². The van der Waals surface area contributed by atoms with Crippen LogP contribution in [-0.4, -0.2) is 46.5 Å². The van der Waals surface area contributed by atoms with Gasteiger partial charge in [-0.1, -0.05) is 0 Å². The van der Waals surface area contributed by atoms with Crippen molar-refractivity contribution >= 4 is 22.5 Å². The number of halogens is 4. The molecule has 3 heterocycles. The monoisotopic (exact) mass is 597 g/mol. The number of amides is 1. The second-order valence-corrected chi connectivity index (χ2v) is 8.84. The van der Waals surface area contributed by atoms with Crippen LogP contribution in [0.15, 0.2) is 67.3 Å². The highest BCUT2D eigenvalue weighted by atomic mass is 19.4. The molecule has 0 saturated heterocycles. The molecule has 0 bridgehead atoms. The molecule has 1 amide bonds. The Balaban J connectivity index is 1.40. The fraction of sp³-hybridized carbons (Fsp3) is 0.172. The van der Waals surface area contributed by atoms with Crippen LogP contribution in [0, 0.1) is 5.82 Å². The topological polar surface area (TPSA) is 110 Å². The summed E-state index contributed by atoms with van der Waals surface area (Å²) in [6.07, 6.45) is -0.0976. The minimum atomic E-state index is -4.70. The number of alkyl halides is 3. The summed E-state index contributed by atoms with van der Waals surface area (Å²) in [4.78, 5) is 21.1. The minimum absolute atomic E-state index is 0.0912. The molecule has 5 aromatic rings. The van der Waals surface area contributed by atoms with Crippen molar-refractivity contribution in [1.82, 2.24) is 19.7 Å². The summed E-state index contributed by atoms with van der Waals surface area (Å²) in [5.41, 5.74) is -1.45. The molecule has 43 heavy (non-hydrogen) atoms. The number of rotatable bonds is 9. The molecule has 0 aliphatic carbocycles. The van der Waals surface area contributed by atoms with E-state index in [2.05, 4.69) is 20.4 Å². The number of methoxy groups -OCH3 is 2. The predicted octanol–water partition coefficient (Wildman–Crippen LogP) is 6.43. The lowest BCUT2D eigenvalue weighted by Crippen LogP contribution is -2.16. The Morgan fingerprint density at radius 1 is 0.977 bits per heavy atom. The Morgan fingerprint density at radius 2 is 1.74 bits per heavy atom. The molecule has 0 aliphatic heterocycles. The molecule has 5 rings (SSSR count). The average molecular weight is 598 g/mol. The third kappa shape index (κ3) is 5.98. The van der Waals surface area contributed by atoms with E-state index in [0.29, 0.717) is 28.2 Å². The number of benzene rings is 2. The van der Waals surface area contributed by atoms with Gasteiger partial charge in [0.05, 0.1) is 55.7 Å². The fourth-order valence-corrected chi connectivity index (χ4v) is 4.21. The first-order chi connectivity index (χ1) is 20.6. The van der Waals surface area contributed by atoms with Crippen LogP contribution in [0.5, 0.6) is 28.7 Å². The largest absolute Gasteiger partial charge is 0.493 e. The van der Waals surface area contributed by atoms with Gasteiger partial charge in [-0.25, -0.2) is 9.07 Å². The Hall–Kier alpha value is -5.40. The lowest BCUT2D eigenvalue weighted by atomic mass is 10.2. The van der Waals surface area contributed by atoms with E-state index in [1.54, 1.807) is 25.1 Å². The van der Waals surface area contributed by atoms with E-state index in [1.807, 2.05) is 0 Å². The van der Waals surface area contributed by atoms with Gasteiger partial charge in [0.15, 0.2) is 22.9 Å². The number of hydrogen-bond donors (Lipinski definition) is 1. The molecule has 10 nitrogen and oxygen atoms in total. The van der Waals surface area contributed by atoms with Crippen molar-refractivity contribution < 1.29 is 41.3 Å². The second-order valence-electron chi connectivity index (χ2n) is 8.84. The molecule has 0 saturated carbocycles. The number of pyridine rings is 2. The quantitative estimate of drug-likeness (QED) is 0.194. The van der Waals surface area contributed by atoms with Gasteiger partial charge in [-0.15, -0.1) is 0 Å². The molecule has 0 atom stereocenters. The van der Waals surface area contributed by atoms with Crippen LogP contribution in [0.1, 0.15) is 23.0 Å². The highest BCUT2D eigenvalue weighted by Crippen LogP contribution is 2.38. The minimum Gasteiger partial charge on any atom is -0.493 e. The normalized spacial score (nSPS) is 11.3. The number of fused-ring (bicyclic) bond motifs is 1. The molecule has 0 unspecified atom stereocenters. The molecular formula is C29H23F4N5O5. The zero-order valence-corrected chi connectivity index (χ0v) is 22.9. The summed E-state index contributed by atoms with van der Waals surface area (Å²) >= 11 is 0. The van der Waals surface area contributed by atoms with E-state index in [4.69, 9.17) is 18.9 Å². The van der Waals surface area contributed by atoms with Crippen molar-refractivity contribution in [1.29, 1.82) is 0 Å². The summed E-state index contributed by atoms with van der Waals surface area (Å²) in [7, 11) is 2.99. The maximum Gasteiger partial charge on any atom is 0.418 e. The van der Waals surface area contributed by atoms with Crippen LogP contribution in [0.25, 0.3) is 16.6 Å². The van der Waals surface area contributed by atoms with Crippen LogP contribution in [0.4, 0.5) is 23.2 Å². The molecule has 0 radical (unpaired) electrons. The summed E-state index contributed by atoms with van der Waals surface area (Å²) in [6.45, 7) is 1.72. The molecule has 14 heteroatoms. The number of anilines is 1. The first-order valence-corrected chi connectivity index (χ1v) is 12.7. The van der Waals surface area contributed by atoms with Crippen molar-refractivity contribution in [2.45, 2.75) is 13.1 Å². The van der Waals surface area contributed by atoms with Gasteiger partial charge in [-0.05, 0) is 37.3 Å². The lowest BCUT2D eigenvalue weighted by Gasteiger charge is -2.13. The standard InChI is InChI=1S/C29H23F4N5O5/c1-4-42-26-15-38(22-14-34-9-7-18(22)29(31,32)33)37-27(26)28(39)36-20-6-5-16(11-19(20)30)43-23-8-10-35-21-13-25(41-3)24(40-2)12-17(21)23/h5-15H,4H2,1-3H3,(H,36,39). The van der Waals surface area contributed by atoms with Gasteiger partial charge < -0.3 is 24.3 Å². The molecule has 222 valence electrons. The number of ether oxygens (including phenoxy) is 4. The summed E-state index contributed by atoms with van der Waals surface area (Å²) in [5, 5.41) is 6.96. The van der Waals surface area contributed by atoms with Gasteiger partial charge in [0, 0.05) is 29.9 Å². The Morgan fingerprint density at radius 3 is 2.44 bits per heavy atom. The highest BCUT2D eigenvalue weighted by Gasteiger charge is 2.35. The number of nitrogens with zero attached hydrogens (tertiary/aromatic N) is 4. The Bertz CT molecular complexity index is 1810. The maximum atomic E-state index is 15.1. The van der Waals surface area contributed by atoms with E-state index in [-0.39, 0.29) is 29.5 Å². The third-order valence-corrected chi connectivity index (χ3v) is 6.17. The smallest absolute Gasteiger partial charge is 0.418 e. The average Bonchev–Trinajstić information content (AvgIpc) is 3.41. The van der Waals surface area contributed by atoms with Crippen LogP contribution in [0.3, 0.4) is 0 Å². The van der Waals surface area contributed by atoms with Gasteiger partial charge in [0.1, 0.15) is 17.3 Å². The molecule has 1 N–H and O–H groups in total. The van der Waals surface area contributed by atoms with Crippen molar-refractivity contribution in [3.8, 4) is 34.4 Å². The summed E-state index contributed by atoms with van der Waals surface area (Å²) in [6, 6.07) is 9.51. The predicted molar refractivity (Wildman–Crippen MR) is 147 cm³/mol. The first-order valence-electron chi connectivity index (χ1n) is 12.7. The van der Waals surface area contributed by atoms with Crippen LogP contribution in [0.2, 0.25) is 0 Å². The molecule has 0 aliphatic rings. The van der Waals surface area contributed by atoms with Gasteiger partial charge in [0.25, 0.3) is 5.91 Å². The van der Waals surface area contributed by atoms with E-state index < -0.39 is 29.2 Å². The first kappa shape index (κ1) is 29.1. The van der Waals surface area contributed by atoms with Crippen LogP contribution >= 0.6 is 0 Å². The SMILES string of the molecule is CCOc1cn(-c2cnccc2C(F)(F)F)nc1C(=O)Nc1ccc(Oc2ccnc3cc(OC)c(OC)cc23)cc1F. The zero-order chi connectivity index (χ0) is 30.7. The number of aromatic nitrogens is 4. The lowest BCUT2D eigenvalue weighted by molar-refractivity contribution is -0.137. The fourth-order valence-electron chi connectivity index (χ4n) is 4.21. The number of carbonyl (C=O) groups excluding carboxylic acids is 1. The second kappa shape index (κ2) is 11.8. The Labute approximate surface area is 241 Å². The number of carbonyl (C=O) groups is 1. The maximum absolute atomic E-state index is 15.1. The molecule has 2 aromatic carbocycles. The van der Waals surface area contributed by atoms with Gasteiger partial charge >= 0.3 is 6.18 Å². The van der Waals surface area contributed by atoms with Crippen LogP contribution in [-0.2, 0) is 6.18 Å². The molecule has 0 fully saturated rings. The van der Waals surface area contributed by atoms with E-state index in [9.17, 15) is 18.0 Å². The molecule has 3 aromatic heterocycles. The Kier molecular flexibility index (Phi) is 8.01. The number of hydrogen-bond acceptors (Lipinski definition) is 8. The van der Waals surface area contributed by atoms with E-state index >= 15 is 4.39 Å². The van der Waals surface area contributed by atoms with Gasteiger partial charge in [-0.3, -0.25) is 14.8 Å². The van der Waals surface area contributed by atoms with Gasteiger partial charge in [0.2, 0.25) is 0 Å². The molecular weight excluding hydrogens is 574 g/mol. The van der Waals surface area contributed by atoms with Crippen molar-refractivity contribution in [2.75, 3.05) is 26.1 Å². The summed E-state index contributed by atoms with van der Waals surface area (Å²) < 4.78 is 78.6. The van der Waals surface area contributed by atoms with Crippen molar-refractivity contribution in [2.24, 2.45) is 0 Å². The third-order valence-electron chi connectivity index (χ3n) is 6.17. The van der Waals surface area contributed by atoms with Crippen molar-refractivity contribution in [3.63, 3.8) is 0 Å². The zero-order valence-electron chi connectivity index (χ0n) is 22.9.